The van der Waals surface area contributed by atoms with Crippen molar-refractivity contribution in [3.8, 4) is 0 Å². The number of hydrogen-bond donors (Lipinski definition) is 1. The normalized spacial score (nSPS) is 10.8. The first kappa shape index (κ1) is 10.9. The van der Waals surface area contributed by atoms with Gasteiger partial charge in [-0.05, 0) is 18.9 Å². The molecule has 1 heterocycles. The van der Waals surface area contributed by atoms with Gasteiger partial charge in [-0.15, -0.1) is 0 Å². The average molecular weight is 216 g/mol. The summed E-state index contributed by atoms with van der Waals surface area (Å²) in [5, 5.41) is 1.07. The highest BCUT2D eigenvalue weighted by Crippen LogP contribution is 2.14. The van der Waals surface area contributed by atoms with Gasteiger partial charge in [0.2, 0.25) is 0 Å². The van der Waals surface area contributed by atoms with Gasteiger partial charge in [-0.1, -0.05) is 38.0 Å². The monoisotopic (exact) mass is 216 g/mol. The van der Waals surface area contributed by atoms with Gasteiger partial charge in [0.1, 0.15) is 0 Å². The second-order valence-electron chi connectivity index (χ2n) is 3.99. The molecule has 0 spiro atoms. The molecule has 2 aromatic rings. The maximum atomic E-state index is 11.4. The molecule has 3 heteroatoms. The lowest BCUT2D eigenvalue weighted by molar-refractivity contribution is 0.707. The second kappa shape index (κ2) is 4.92. The molecule has 0 bridgehead atoms. The molecule has 0 fully saturated rings. The van der Waals surface area contributed by atoms with Gasteiger partial charge in [0.05, 0.1) is 11.2 Å². The zero-order valence-electron chi connectivity index (χ0n) is 9.49. The first-order valence-electron chi connectivity index (χ1n) is 5.79. The fourth-order valence-corrected chi connectivity index (χ4v) is 1.90. The molecule has 3 nitrogen and oxygen atoms in total. The Kier molecular flexibility index (Phi) is 3.34. The number of aromatic amines is 1. The van der Waals surface area contributed by atoms with Crippen LogP contribution in [-0.2, 0) is 6.42 Å². The molecule has 0 unspecified atom stereocenters. The Balaban J connectivity index is 2.38. The van der Waals surface area contributed by atoms with E-state index in [1.165, 1.54) is 12.8 Å². The lowest BCUT2D eigenvalue weighted by Crippen LogP contribution is -2.13. The lowest BCUT2D eigenvalue weighted by atomic mass is 10.1. The number of unbranched alkanes of at least 4 members (excludes halogenated alkanes) is 2. The van der Waals surface area contributed by atoms with Crippen molar-refractivity contribution in [2.24, 2.45) is 0 Å². The fraction of sp³-hybridized carbons (Fsp3) is 0.385. The molecule has 0 atom stereocenters. The average Bonchev–Trinajstić information content (AvgIpc) is 2.29. The molecule has 16 heavy (non-hydrogen) atoms. The number of fused-ring (bicyclic) bond motifs is 1. The van der Waals surface area contributed by atoms with Gasteiger partial charge in [-0.3, -0.25) is 0 Å². The van der Waals surface area contributed by atoms with E-state index in [9.17, 15) is 4.79 Å². The van der Waals surface area contributed by atoms with Gasteiger partial charge < -0.3 is 4.98 Å². The van der Waals surface area contributed by atoms with E-state index in [0.29, 0.717) is 0 Å². The summed E-state index contributed by atoms with van der Waals surface area (Å²) in [7, 11) is 0. The highest BCUT2D eigenvalue weighted by molar-refractivity contribution is 5.80. The summed E-state index contributed by atoms with van der Waals surface area (Å²) in [6.45, 7) is 2.17. The topological polar surface area (TPSA) is 45.8 Å². The third-order valence-corrected chi connectivity index (χ3v) is 2.73. The first-order valence-corrected chi connectivity index (χ1v) is 5.79. The van der Waals surface area contributed by atoms with Crippen molar-refractivity contribution >= 4 is 10.9 Å². The SMILES string of the molecule is CCCCCc1nc(=O)[nH]c2ccccc12. The Labute approximate surface area is 94.5 Å². The zero-order valence-corrected chi connectivity index (χ0v) is 9.49. The molecule has 0 radical (unpaired) electrons. The number of nitrogens with zero attached hydrogens (tertiary/aromatic N) is 1. The van der Waals surface area contributed by atoms with Gasteiger partial charge >= 0.3 is 5.69 Å². The van der Waals surface area contributed by atoms with E-state index in [1.807, 2.05) is 24.3 Å². The number of rotatable bonds is 4. The molecule has 0 aliphatic carbocycles. The van der Waals surface area contributed by atoms with Crippen LogP contribution in [0, 0.1) is 0 Å². The van der Waals surface area contributed by atoms with Gasteiger partial charge in [0.15, 0.2) is 0 Å². The van der Waals surface area contributed by atoms with Crippen LogP contribution in [0.4, 0.5) is 0 Å². The third-order valence-electron chi connectivity index (χ3n) is 2.73. The third kappa shape index (κ3) is 2.30. The van der Waals surface area contributed by atoms with Gasteiger partial charge in [0.25, 0.3) is 0 Å². The minimum atomic E-state index is -0.245. The standard InChI is InChI=1S/C13H16N2O/c1-2-3-4-8-11-10-7-5-6-9-12(10)15-13(16)14-11/h5-7,9H,2-4,8H2,1H3,(H,14,15,16). The molecule has 1 aromatic heterocycles. The van der Waals surface area contributed by atoms with Crippen LogP contribution in [0.1, 0.15) is 31.9 Å². The summed E-state index contributed by atoms with van der Waals surface area (Å²) in [4.78, 5) is 18.2. The summed E-state index contributed by atoms with van der Waals surface area (Å²) in [5.41, 5.74) is 1.56. The van der Waals surface area contributed by atoms with Crippen LogP contribution in [0.5, 0.6) is 0 Å². The number of nitrogens with one attached hydrogen (secondary N) is 1. The Morgan fingerprint density at radius 2 is 2.06 bits per heavy atom. The Morgan fingerprint density at radius 1 is 1.25 bits per heavy atom. The summed E-state index contributed by atoms with van der Waals surface area (Å²) in [6, 6.07) is 7.83. The predicted molar refractivity (Wildman–Crippen MR) is 65.6 cm³/mol. The molecule has 1 N–H and O–H groups in total. The van der Waals surface area contributed by atoms with Crippen molar-refractivity contribution < 1.29 is 0 Å². The Morgan fingerprint density at radius 3 is 2.88 bits per heavy atom. The zero-order chi connectivity index (χ0) is 11.4. The van der Waals surface area contributed by atoms with Crippen LogP contribution in [0.3, 0.4) is 0 Å². The number of aromatic nitrogens is 2. The molecule has 84 valence electrons. The molecule has 0 aliphatic heterocycles. The van der Waals surface area contributed by atoms with Crippen LogP contribution in [0.2, 0.25) is 0 Å². The summed E-state index contributed by atoms with van der Waals surface area (Å²) < 4.78 is 0. The quantitative estimate of drug-likeness (QED) is 0.798. The minimum Gasteiger partial charge on any atom is -0.305 e. The van der Waals surface area contributed by atoms with Crippen LogP contribution >= 0.6 is 0 Å². The molecular weight excluding hydrogens is 200 g/mol. The van der Waals surface area contributed by atoms with Gasteiger partial charge in [-0.25, -0.2) is 4.79 Å². The number of aryl methyl sites for hydroxylation is 1. The maximum Gasteiger partial charge on any atom is 0.345 e. The highest BCUT2D eigenvalue weighted by atomic mass is 16.1. The second-order valence-corrected chi connectivity index (χ2v) is 3.99. The van der Waals surface area contributed by atoms with Crippen LogP contribution in [0.25, 0.3) is 10.9 Å². The largest absolute Gasteiger partial charge is 0.345 e. The van der Waals surface area contributed by atoms with E-state index in [0.717, 1.165) is 29.4 Å². The fourth-order valence-electron chi connectivity index (χ4n) is 1.90. The van der Waals surface area contributed by atoms with E-state index in [2.05, 4.69) is 16.9 Å². The maximum absolute atomic E-state index is 11.4. The van der Waals surface area contributed by atoms with Crippen molar-refractivity contribution in [3.63, 3.8) is 0 Å². The Bertz CT molecular complexity index is 531. The van der Waals surface area contributed by atoms with E-state index in [-0.39, 0.29) is 5.69 Å². The smallest absolute Gasteiger partial charge is 0.305 e. The number of hydrogen-bond acceptors (Lipinski definition) is 2. The van der Waals surface area contributed by atoms with Crippen molar-refractivity contribution in [1.29, 1.82) is 0 Å². The predicted octanol–water partition coefficient (Wildman–Crippen LogP) is 2.66. The van der Waals surface area contributed by atoms with Crippen LogP contribution < -0.4 is 5.69 Å². The molecular formula is C13H16N2O. The summed E-state index contributed by atoms with van der Waals surface area (Å²) in [5.74, 6) is 0. The lowest BCUT2D eigenvalue weighted by Gasteiger charge is -2.04. The highest BCUT2D eigenvalue weighted by Gasteiger charge is 2.03. The number of H-pyrrole nitrogens is 1. The molecule has 0 amide bonds. The molecule has 0 saturated heterocycles. The van der Waals surface area contributed by atoms with Crippen molar-refractivity contribution in [2.45, 2.75) is 32.6 Å². The first-order chi connectivity index (χ1) is 7.81. The molecule has 0 aliphatic rings. The summed E-state index contributed by atoms with van der Waals surface area (Å²) >= 11 is 0. The van der Waals surface area contributed by atoms with Crippen LogP contribution in [0.15, 0.2) is 29.1 Å². The van der Waals surface area contributed by atoms with E-state index in [4.69, 9.17) is 0 Å². The van der Waals surface area contributed by atoms with Crippen LogP contribution in [-0.4, -0.2) is 9.97 Å². The molecule has 2 rings (SSSR count). The number of benzene rings is 1. The number of para-hydroxylation sites is 1. The van der Waals surface area contributed by atoms with E-state index >= 15 is 0 Å². The molecule has 0 saturated carbocycles. The van der Waals surface area contributed by atoms with Crippen molar-refractivity contribution in [3.05, 3.63) is 40.4 Å². The summed E-state index contributed by atoms with van der Waals surface area (Å²) in [6.07, 6.45) is 4.35. The Hall–Kier alpha value is -1.64. The van der Waals surface area contributed by atoms with E-state index in [1.54, 1.807) is 0 Å². The van der Waals surface area contributed by atoms with Crippen molar-refractivity contribution in [2.75, 3.05) is 0 Å². The van der Waals surface area contributed by atoms with Gasteiger partial charge in [0, 0.05) is 5.39 Å². The van der Waals surface area contributed by atoms with Gasteiger partial charge in [-0.2, -0.15) is 4.98 Å². The molecule has 1 aromatic carbocycles. The minimum absolute atomic E-state index is 0.245. The van der Waals surface area contributed by atoms with Crippen molar-refractivity contribution in [1.82, 2.24) is 9.97 Å². The van der Waals surface area contributed by atoms with E-state index < -0.39 is 0 Å².